The predicted molar refractivity (Wildman–Crippen MR) is 114 cm³/mol. The van der Waals surface area contributed by atoms with Crippen molar-refractivity contribution in [2.24, 2.45) is 0 Å². The molecule has 0 aromatic heterocycles. The van der Waals surface area contributed by atoms with Gasteiger partial charge in [0, 0.05) is 11.1 Å². The van der Waals surface area contributed by atoms with Gasteiger partial charge in [-0.2, -0.15) is 0 Å². The highest BCUT2D eigenvalue weighted by Gasteiger charge is 2.34. The van der Waals surface area contributed by atoms with E-state index in [4.69, 9.17) is 37.9 Å². The Morgan fingerprint density at radius 1 is 0.300 bits per heavy atom. The summed E-state index contributed by atoms with van der Waals surface area (Å²) in [4.78, 5) is 0. The number of rotatable bonds is 9. The summed E-state index contributed by atoms with van der Waals surface area (Å²) >= 11 is 0. The van der Waals surface area contributed by atoms with Crippen LogP contribution in [-0.2, 0) is 0 Å². The van der Waals surface area contributed by atoms with Crippen molar-refractivity contribution in [1.82, 2.24) is 0 Å². The Morgan fingerprint density at radius 3 is 0.600 bits per heavy atom. The van der Waals surface area contributed by atoms with Crippen LogP contribution >= 0.6 is 0 Å². The lowest BCUT2D eigenvalue weighted by atomic mass is 9.95. The van der Waals surface area contributed by atoms with Crippen LogP contribution in [-0.4, -0.2) is 56.9 Å². The summed E-state index contributed by atoms with van der Waals surface area (Å²) in [6.07, 6.45) is 0. The number of hydrogen-bond acceptors (Lipinski definition) is 8. The molecule has 0 spiro atoms. The first-order valence-corrected chi connectivity index (χ1v) is 9.15. The van der Waals surface area contributed by atoms with Crippen LogP contribution in [0.5, 0.6) is 46.0 Å². The van der Waals surface area contributed by atoms with Crippen molar-refractivity contribution in [3.63, 3.8) is 0 Å². The van der Waals surface area contributed by atoms with Gasteiger partial charge in [0.05, 0.1) is 68.0 Å². The normalized spacial score (nSPS) is 10.3. The molecule has 0 N–H and O–H groups in total. The third-order valence-corrected chi connectivity index (χ3v) is 4.98. The van der Waals surface area contributed by atoms with E-state index in [1.54, 1.807) is 56.9 Å². The Balaban J connectivity index is 3.25. The molecular formula is C22H30O8. The number of ether oxygens (including phenoxy) is 8. The maximum absolute atomic E-state index is 5.77. The predicted octanol–water partition coefficient (Wildman–Crippen LogP) is 4.04. The van der Waals surface area contributed by atoms with Crippen molar-refractivity contribution in [3.8, 4) is 57.1 Å². The minimum absolute atomic E-state index is 0.428. The molecule has 8 nitrogen and oxygen atoms in total. The third kappa shape index (κ3) is 3.36. The van der Waals surface area contributed by atoms with Crippen molar-refractivity contribution in [2.75, 3.05) is 56.9 Å². The van der Waals surface area contributed by atoms with E-state index in [0.717, 1.165) is 11.1 Å². The van der Waals surface area contributed by atoms with Gasteiger partial charge in [0.15, 0.2) is 46.0 Å². The zero-order valence-electron chi connectivity index (χ0n) is 19.3. The lowest BCUT2D eigenvalue weighted by Gasteiger charge is -2.26. The van der Waals surface area contributed by atoms with Gasteiger partial charge in [0.25, 0.3) is 0 Å². The minimum atomic E-state index is 0.428. The molecule has 0 heterocycles. The molecule has 0 aliphatic carbocycles. The fourth-order valence-electron chi connectivity index (χ4n) is 3.76. The Kier molecular flexibility index (Phi) is 7.37. The molecule has 0 aliphatic rings. The average molecular weight is 422 g/mol. The van der Waals surface area contributed by atoms with Crippen molar-refractivity contribution >= 4 is 0 Å². The van der Waals surface area contributed by atoms with Crippen molar-refractivity contribution < 1.29 is 37.9 Å². The molecule has 30 heavy (non-hydrogen) atoms. The molecule has 0 atom stereocenters. The Bertz CT molecular complexity index is 779. The molecule has 0 aliphatic heterocycles. The molecule has 0 fully saturated rings. The van der Waals surface area contributed by atoms with Gasteiger partial charge in [-0.05, 0) is 13.8 Å². The van der Waals surface area contributed by atoms with Gasteiger partial charge >= 0.3 is 0 Å². The number of methoxy groups -OCH3 is 8. The lowest BCUT2D eigenvalue weighted by Crippen LogP contribution is -2.06. The van der Waals surface area contributed by atoms with E-state index in [0.29, 0.717) is 57.1 Å². The van der Waals surface area contributed by atoms with Crippen LogP contribution in [0.2, 0.25) is 0 Å². The summed E-state index contributed by atoms with van der Waals surface area (Å²) < 4.78 is 45.7. The summed E-state index contributed by atoms with van der Waals surface area (Å²) in [5, 5.41) is 0. The second-order valence-electron chi connectivity index (χ2n) is 6.27. The molecule has 0 saturated carbocycles. The number of benzene rings is 2. The standard InChI is InChI=1S/C22H30O8/c1-11-15(23-3)19(27-7)13(20(28-8)16(11)24-4)14-21(29-9)17(25-5)12(2)18(26-6)22(14)30-10/h1-10H3. The summed E-state index contributed by atoms with van der Waals surface area (Å²) in [5.74, 6) is 3.69. The molecule has 0 amide bonds. The monoisotopic (exact) mass is 422 g/mol. The number of hydrogen-bond donors (Lipinski definition) is 0. The first-order valence-electron chi connectivity index (χ1n) is 9.15. The molecule has 166 valence electrons. The van der Waals surface area contributed by atoms with E-state index in [1.807, 2.05) is 13.8 Å². The van der Waals surface area contributed by atoms with E-state index in [-0.39, 0.29) is 0 Å². The van der Waals surface area contributed by atoms with E-state index in [1.165, 1.54) is 0 Å². The van der Waals surface area contributed by atoms with Crippen LogP contribution in [0, 0.1) is 13.8 Å². The van der Waals surface area contributed by atoms with Crippen molar-refractivity contribution in [3.05, 3.63) is 11.1 Å². The Labute approximate surface area is 177 Å². The molecule has 0 radical (unpaired) electrons. The van der Waals surface area contributed by atoms with Crippen LogP contribution in [0.15, 0.2) is 0 Å². The molecule has 2 aromatic rings. The topological polar surface area (TPSA) is 73.8 Å². The highest BCUT2D eigenvalue weighted by molar-refractivity contribution is 5.94. The van der Waals surface area contributed by atoms with Gasteiger partial charge in [-0.15, -0.1) is 0 Å². The van der Waals surface area contributed by atoms with Crippen LogP contribution in [0.25, 0.3) is 11.1 Å². The molecule has 0 saturated heterocycles. The van der Waals surface area contributed by atoms with Gasteiger partial charge < -0.3 is 37.9 Å². The van der Waals surface area contributed by atoms with Gasteiger partial charge in [0.1, 0.15) is 0 Å². The SMILES string of the molecule is COc1c(C)c(OC)c(OC)c(-c2c(OC)c(OC)c(C)c(OC)c2OC)c1OC. The van der Waals surface area contributed by atoms with Crippen LogP contribution in [0.3, 0.4) is 0 Å². The van der Waals surface area contributed by atoms with Gasteiger partial charge in [-0.3, -0.25) is 0 Å². The summed E-state index contributed by atoms with van der Waals surface area (Å²) in [7, 11) is 12.4. The average Bonchev–Trinajstić information content (AvgIpc) is 2.76. The zero-order chi connectivity index (χ0) is 22.6. The summed E-state index contributed by atoms with van der Waals surface area (Å²) in [6, 6.07) is 0. The largest absolute Gasteiger partial charge is 0.492 e. The van der Waals surface area contributed by atoms with E-state index in [9.17, 15) is 0 Å². The fraction of sp³-hybridized carbons (Fsp3) is 0.455. The van der Waals surface area contributed by atoms with Gasteiger partial charge in [0.2, 0.25) is 0 Å². The first-order chi connectivity index (χ1) is 14.4. The molecule has 0 bridgehead atoms. The second-order valence-corrected chi connectivity index (χ2v) is 6.27. The smallest absolute Gasteiger partial charge is 0.173 e. The third-order valence-electron chi connectivity index (χ3n) is 4.98. The molecule has 8 heteroatoms. The highest BCUT2D eigenvalue weighted by atomic mass is 16.5. The fourth-order valence-corrected chi connectivity index (χ4v) is 3.76. The maximum Gasteiger partial charge on any atom is 0.173 e. The van der Waals surface area contributed by atoms with E-state index < -0.39 is 0 Å². The molecule has 2 rings (SSSR count). The Morgan fingerprint density at radius 2 is 0.467 bits per heavy atom. The zero-order valence-corrected chi connectivity index (χ0v) is 19.3. The van der Waals surface area contributed by atoms with E-state index in [2.05, 4.69) is 0 Å². The Hall–Kier alpha value is -3.16. The first kappa shape index (κ1) is 23.1. The van der Waals surface area contributed by atoms with E-state index >= 15 is 0 Å². The summed E-state index contributed by atoms with van der Waals surface area (Å²) in [6.45, 7) is 3.72. The minimum Gasteiger partial charge on any atom is -0.492 e. The van der Waals surface area contributed by atoms with Crippen LogP contribution in [0.4, 0.5) is 0 Å². The second kappa shape index (κ2) is 9.56. The van der Waals surface area contributed by atoms with Gasteiger partial charge in [-0.25, -0.2) is 0 Å². The summed E-state index contributed by atoms with van der Waals surface area (Å²) in [5.41, 5.74) is 2.48. The highest BCUT2D eigenvalue weighted by Crippen LogP contribution is 2.60. The van der Waals surface area contributed by atoms with Crippen LogP contribution in [0.1, 0.15) is 11.1 Å². The molecule has 0 unspecified atom stereocenters. The van der Waals surface area contributed by atoms with Crippen molar-refractivity contribution in [1.29, 1.82) is 0 Å². The molecule has 2 aromatic carbocycles. The van der Waals surface area contributed by atoms with Crippen molar-refractivity contribution in [2.45, 2.75) is 13.8 Å². The quantitative estimate of drug-likeness (QED) is 0.600. The maximum atomic E-state index is 5.77. The van der Waals surface area contributed by atoms with Gasteiger partial charge in [-0.1, -0.05) is 0 Å². The lowest BCUT2D eigenvalue weighted by molar-refractivity contribution is 0.320. The molecular weight excluding hydrogens is 392 g/mol. The van der Waals surface area contributed by atoms with Crippen LogP contribution < -0.4 is 37.9 Å².